The van der Waals surface area contributed by atoms with Crippen molar-refractivity contribution in [3.05, 3.63) is 41.6 Å². The molecule has 7 heteroatoms. The highest BCUT2D eigenvalue weighted by Gasteiger charge is 2.22. The summed E-state index contributed by atoms with van der Waals surface area (Å²) >= 11 is 5.73. The molecule has 0 saturated heterocycles. The van der Waals surface area contributed by atoms with Crippen molar-refractivity contribution in [3.8, 4) is 5.88 Å². The number of benzene rings is 1. The van der Waals surface area contributed by atoms with Crippen LogP contribution in [0.3, 0.4) is 0 Å². The third kappa shape index (κ3) is 2.44. The van der Waals surface area contributed by atoms with Crippen molar-refractivity contribution >= 4 is 21.4 Å². The second kappa shape index (κ2) is 4.91. The van der Waals surface area contributed by atoms with E-state index in [1.807, 2.05) is 0 Å². The zero-order chi connectivity index (χ0) is 13.2. The minimum absolute atomic E-state index is 0.0105. The van der Waals surface area contributed by atoms with Crippen LogP contribution in [0.1, 0.15) is 0 Å². The molecule has 0 fully saturated rings. The Labute approximate surface area is 109 Å². The van der Waals surface area contributed by atoms with E-state index >= 15 is 0 Å². The molecule has 0 bridgehead atoms. The Bertz CT molecular complexity index is 659. The molecule has 1 heterocycles. The summed E-state index contributed by atoms with van der Waals surface area (Å²) in [4.78, 5) is 7.62. The number of methoxy groups -OCH3 is 1. The van der Waals surface area contributed by atoms with Gasteiger partial charge in [0.25, 0.3) is 5.16 Å². The fourth-order valence-corrected chi connectivity index (χ4v) is 2.69. The van der Waals surface area contributed by atoms with Crippen molar-refractivity contribution in [2.45, 2.75) is 10.1 Å². The average Bonchev–Trinajstić information content (AvgIpc) is 2.39. The average molecular weight is 285 g/mol. The molecule has 0 aliphatic rings. The SMILES string of the molecule is COc1cc(Cl)nc(S(=O)(=O)c2ccccc2)n1. The molecule has 0 atom stereocenters. The van der Waals surface area contributed by atoms with E-state index in [9.17, 15) is 8.42 Å². The van der Waals surface area contributed by atoms with Crippen molar-refractivity contribution in [1.29, 1.82) is 0 Å². The van der Waals surface area contributed by atoms with Gasteiger partial charge in [0.15, 0.2) is 0 Å². The molecule has 5 nitrogen and oxygen atoms in total. The first kappa shape index (κ1) is 12.8. The molecule has 0 unspecified atom stereocenters. The largest absolute Gasteiger partial charge is 0.481 e. The van der Waals surface area contributed by atoms with Gasteiger partial charge in [0, 0.05) is 6.07 Å². The summed E-state index contributed by atoms with van der Waals surface area (Å²) in [6, 6.07) is 9.23. The number of hydrogen-bond donors (Lipinski definition) is 0. The van der Waals surface area contributed by atoms with Gasteiger partial charge in [0.2, 0.25) is 15.7 Å². The van der Waals surface area contributed by atoms with Crippen LogP contribution < -0.4 is 4.74 Å². The van der Waals surface area contributed by atoms with Crippen LogP contribution >= 0.6 is 11.6 Å². The Kier molecular flexibility index (Phi) is 3.49. The van der Waals surface area contributed by atoms with E-state index in [2.05, 4.69) is 9.97 Å². The highest BCUT2D eigenvalue weighted by Crippen LogP contribution is 2.21. The van der Waals surface area contributed by atoms with Gasteiger partial charge in [-0.05, 0) is 12.1 Å². The fraction of sp³-hybridized carbons (Fsp3) is 0.0909. The smallest absolute Gasteiger partial charge is 0.256 e. The monoisotopic (exact) mass is 284 g/mol. The number of halogens is 1. The lowest BCUT2D eigenvalue weighted by molar-refractivity contribution is 0.391. The summed E-state index contributed by atoms with van der Waals surface area (Å²) < 4.78 is 29.3. The van der Waals surface area contributed by atoms with Crippen LogP contribution in [0.5, 0.6) is 5.88 Å². The van der Waals surface area contributed by atoms with E-state index in [-0.39, 0.29) is 21.1 Å². The van der Waals surface area contributed by atoms with Crippen molar-refractivity contribution in [3.63, 3.8) is 0 Å². The molecule has 0 amide bonds. The van der Waals surface area contributed by atoms with Crippen LogP contribution in [0, 0.1) is 0 Å². The molecule has 0 aliphatic carbocycles. The number of aromatic nitrogens is 2. The van der Waals surface area contributed by atoms with Crippen LogP contribution in [-0.4, -0.2) is 25.5 Å². The number of sulfone groups is 1. The summed E-state index contributed by atoms with van der Waals surface area (Å²) in [7, 11) is -2.41. The predicted molar refractivity (Wildman–Crippen MR) is 65.5 cm³/mol. The zero-order valence-corrected chi connectivity index (χ0v) is 10.9. The highest BCUT2D eigenvalue weighted by molar-refractivity contribution is 7.91. The minimum atomic E-state index is -3.78. The highest BCUT2D eigenvalue weighted by atomic mass is 35.5. The van der Waals surface area contributed by atoms with Crippen molar-refractivity contribution < 1.29 is 13.2 Å². The van der Waals surface area contributed by atoms with E-state index in [4.69, 9.17) is 16.3 Å². The molecule has 0 radical (unpaired) electrons. The summed E-state index contributed by atoms with van der Waals surface area (Å²) in [5, 5.41) is -0.366. The number of rotatable bonds is 3. The second-order valence-electron chi connectivity index (χ2n) is 3.33. The molecule has 2 rings (SSSR count). The third-order valence-corrected chi connectivity index (χ3v) is 3.90. The Morgan fingerprint density at radius 3 is 2.44 bits per heavy atom. The summed E-state index contributed by atoms with van der Waals surface area (Å²) in [5.74, 6) is 0.101. The first-order valence-corrected chi connectivity index (χ1v) is 6.79. The van der Waals surface area contributed by atoms with Crippen LogP contribution in [0.25, 0.3) is 0 Å². The lowest BCUT2D eigenvalue weighted by Crippen LogP contribution is -2.08. The first-order chi connectivity index (χ1) is 8.54. The molecule has 94 valence electrons. The third-order valence-electron chi connectivity index (χ3n) is 2.15. The van der Waals surface area contributed by atoms with E-state index in [1.54, 1.807) is 18.2 Å². The van der Waals surface area contributed by atoms with Gasteiger partial charge in [0.05, 0.1) is 12.0 Å². The van der Waals surface area contributed by atoms with Crippen molar-refractivity contribution in [1.82, 2.24) is 9.97 Å². The number of hydrogen-bond acceptors (Lipinski definition) is 5. The lowest BCUT2D eigenvalue weighted by Gasteiger charge is -2.05. The van der Waals surface area contributed by atoms with Crippen LogP contribution in [0.15, 0.2) is 46.5 Å². The minimum Gasteiger partial charge on any atom is -0.481 e. The predicted octanol–water partition coefficient (Wildman–Crippen LogP) is 1.97. The van der Waals surface area contributed by atoms with Gasteiger partial charge >= 0.3 is 0 Å². The van der Waals surface area contributed by atoms with Crippen molar-refractivity contribution in [2.75, 3.05) is 7.11 Å². The van der Waals surface area contributed by atoms with E-state index in [1.165, 1.54) is 25.3 Å². The summed E-state index contributed by atoms with van der Waals surface area (Å²) in [6.07, 6.45) is 0. The zero-order valence-electron chi connectivity index (χ0n) is 9.37. The maximum atomic E-state index is 12.2. The molecular formula is C11H9ClN2O3S. The second-order valence-corrected chi connectivity index (χ2v) is 5.56. The van der Waals surface area contributed by atoms with E-state index < -0.39 is 9.84 Å². The molecule has 2 aromatic rings. The quantitative estimate of drug-likeness (QED) is 0.637. The Hall–Kier alpha value is -1.66. The molecular weight excluding hydrogens is 276 g/mol. The van der Waals surface area contributed by atoms with Crippen LogP contribution in [0.2, 0.25) is 5.15 Å². The van der Waals surface area contributed by atoms with Crippen molar-refractivity contribution in [2.24, 2.45) is 0 Å². The van der Waals surface area contributed by atoms with E-state index in [0.29, 0.717) is 0 Å². The van der Waals surface area contributed by atoms with Gasteiger partial charge < -0.3 is 4.74 Å². The summed E-state index contributed by atoms with van der Waals surface area (Å²) in [6.45, 7) is 0. The Morgan fingerprint density at radius 1 is 1.17 bits per heavy atom. The molecule has 1 aromatic heterocycles. The van der Waals surface area contributed by atoms with Gasteiger partial charge in [-0.25, -0.2) is 13.4 Å². The number of ether oxygens (including phenoxy) is 1. The first-order valence-electron chi connectivity index (χ1n) is 4.93. The Balaban J connectivity index is 2.58. The molecule has 0 spiro atoms. The van der Waals surface area contributed by atoms with Gasteiger partial charge in [-0.1, -0.05) is 29.8 Å². The maximum absolute atomic E-state index is 12.2. The lowest BCUT2D eigenvalue weighted by atomic mass is 10.4. The van der Waals surface area contributed by atoms with Crippen LogP contribution in [0.4, 0.5) is 0 Å². The molecule has 18 heavy (non-hydrogen) atoms. The maximum Gasteiger partial charge on any atom is 0.256 e. The number of nitrogens with zero attached hydrogens (tertiary/aromatic N) is 2. The normalized spacial score (nSPS) is 11.2. The Morgan fingerprint density at radius 2 is 1.83 bits per heavy atom. The molecule has 1 aromatic carbocycles. The standard InChI is InChI=1S/C11H9ClN2O3S/c1-17-10-7-9(12)13-11(14-10)18(15,16)8-5-3-2-4-6-8/h2-7H,1H3. The molecule has 0 N–H and O–H groups in total. The molecule has 0 aliphatic heterocycles. The topological polar surface area (TPSA) is 69.2 Å². The van der Waals surface area contributed by atoms with Crippen LogP contribution in [-0.2, 0) is 9.84 Å². The van der Waals surface area contributed by atoms with Gasteiger partial charge in [-0.3, -0.25) is 0 Å². The fourth-order valence-electron chi connectivity index (χ4n) is 1.31. The summed E-state index contributed by atoms with van der Waals surface area (Å²) in [5.41, 5.74) is 0. The van der Waals surface area contributed by atoms with E-state index in [0.717, 1.165) is 0 Å². The van der Waals surface area contributed by atoms with Gasteiger partial charge in [-0.15, -0.1) is 0 Å². The van der Waals surface area contributed by atoms with Gasteiger partial charge in [-0.2, -0.15) is 4.98 Å². The van der Waals surface area contributed by atoms with Gasteiger partial charge in [0.1, 0.15) is 5.15 Å². The molecule has 0 saturated carbocycles.